The largest absolute Gasteiger partial charge is 0.493 e. The summed E-state index contributed by atoms with van der Waals surface area (Å²) in [5.41, 5.74) is 2.77. The Hall–Kier alpha value is -5.31. The van der Waals surface area contributed by atoms with Crippen LogP contribution in [0.5, 0.6) is 28.7 Å². The predicted octanol–water partition coefficient (Wildman–Crippen LogP) is 6.13. The second-order valence-electron chi connectivity index (χ2n) is 9.60. The molecule has 1 heterocycles. The number of hydrogen-bond donors (Lipinski definition) is 1. The molecule has 214 valence electrons. The highest BCUT2D eigenvalue weighted by molar-refractivity contribution is 5.91. The Morgan fingerprint density at radius 2 is 1.57 bits per heavy atom. The molecule has 0 saturated heterocycles. The third kappa shape index (κ3) is 5.49. The maximum absolute atomic E-state index is 14.0. The van der Waals surface area contributed by atoms with Gasteiger partial charge in [-0.15, -0.1) is 0 Å². The summed E-state index contributed by atoms with van der Waals surface area (Å²) in [6.07, 6.45) is 0.609. The fourth-order valence-electron chi connectivity index (χ4n) is 4.83. The van der Waals surface area contributed by atoms with Crippen LogP contribution in [0, 0.1) is 6.92 Å². The summed E-state index contributed by atoms with van der Waals surface area (Å²) in [5, 5.41) is 9.90. The van der Waals surface area contributed by atoms with Crippen molar-refractivity contribution in [2.45, 2.75) is 19.9 Å². The van der Waals surface area contributed by atoms with Crippen molar-refractivity contribution in [2.24, 2.45) is 0 Å². The Morgan fingerprint density at radius 3 is 2.21 bits per heavy atom. The maximum atomic E-state index is 14.0. The number of aryl methyl sites for hydroxylation is 2. The lowest BCUT2D eigenvalue weighted by Gasteiger charge is -2.18. The molecule has 0 unspecified atom stereocenters. The number of hydrogen-bond acceptors (Lipinski definition) is 7. The fourth-order valence-corrected chi connectivity index (χ4v) is 4.83. The zero-order valence-electron chi connectivity index (χ0n) is 23.7. The molecule has 0 radical (unpaired) electrons. The number of carboxylic acids is 1. The van der Waals surface area contributed by atoms with E-state index in [1.54, 1.807) is 47.0 Å². The lowest BCUT2D eigenvalue weighted by Crippen LogP contribution is -2.25. The van der Waals surface area contributed by atoms with Crippen LogP contribution in [0.15, 0.2) is 83.7 Å². The molecule has 0 aliphatic rings. The van der Waals surface area contributed by atoms with Gasteiger partial charge in [-0.05, 0) is 66.9 Å². The van der Waals surface area contributed by atoms with E-state index in [0.29, 0.717) is 58.3 Å². The number of benzene rings is 4. The van der Waals surface area contributed by atoms with Gasteiger partial charge in [0.15, 0.2) is 11.5 Å². The average Bonchev–Trinajstić information content (AvgIpc) is 3.00. The number of nitrogens with zero attached hydrogens (tertiary/aromatic N) is 2. The van der Waals surface area contributed by atoms with Crippen molar-refractivity contribution in [3.8, 4) is 40.1 Å². The molecule has 0 amide bonds. The lowest BCUT2D eigenvalue weighted by molar-refractivity contribution is 0.0694. The summed E-state index contributed by atoms with van der Waals surface area (Å²) in [7, 11) is 4.48. The highest BCUT2D eigenvalue weighted by Gasteiger charge is 2.22. The first-order valence-electron chi connectivity index (χ1n) is 13.2. The van der Waals surface area contributed by atoms with Crippen LogP contribution in [0.25, 0.3) is 22.3 Å². The van der Waals surface area contributed by atoms with Crippen LogP contribution in [0.2, 0.25) is 0 Å². The van der Waals surface area contributed by atoms with Crippen LogP contribution in [-0.2, 0) is 13.0 Å². The first kappa shape index (κ1) is 28.2. The number of fused-ring (bicyclic) bond motifs is 1. The third-order valence-corrected chi connectivity index (χ3v) is 6.93. The summed E-state index contributed by atoms with van der Waals surface area (Å²) >= 11 is 0. The fraction of sp³-hybridized carbons (Fsp3) is 0.182. The van der Waals surface area contributed by atoms with Gasteiger partial charge >= 0.3 is 5.97 Å². The highest BCUT2D eigenvalue weighted by Crippen LogP contribution is 2.42. The monoisotopic (exact) mass is 566 g/mol. The second-order valence-corrected chi connectivity index (χ2v) is 9.60. The quantitative estimate of drug-likeness (QED) is 0.215. The van der Waals surface area contributed by atoms with E-state index in [0.717, 1.165) is 11.1 Å². The van der Waals surface area contributed by atoms with E-state index >= 15 is 0 Å². The zero-order valence-corrected chi connectivity index (χ0v) is 23.7. The van der Waals surface area contributed by atoms with Crippen molar-refractivity contribution in [1.29, 1.82) is 0 Å². The second kappa shape index (κ2) is 12.1. The number of ether oxygens (including phenoxy) is 4. The molecule has 42 heavy (non-hydrogen) atoms. The minimum Gasteiger partial charge on any atom is -0.493 e. The number of carboxylic acid groups (broad SMARTS) is 1. The number of aromatic nitrogens is 2. The molecule has 9 heteroatoms. The van der Waals surface area contributed by atoms with Crippen molar-refractivity contribution in [3.05, 3.63) is 106 Å². The minimum atomic E-state index is -1.08. The van der Waals surface area contributed by atoms with E-state index in [1.165, 1.54) is 27.4 Å². The summed E-state index contributed by atoms with van der Waals surface area (Å²) < 4.78 is 24.3. The van der Waals surface area contributed by atoms with Crippen molar-refractivity contribution < 1.29 is 28.8 Å². The zero-order chi connectivity index (χ0) is 29.8. The molecular weight excluding hydrogens is 536 g/mol. The van der Waals surface area contributed by atoms with Gasteiger partial charge in [0.2, 0.25) is 5.75 Å². The predicted molar refractivity (Wildman–Crippen MR) is 159 cm³/mol. The van der Waals surface area contributed by atoms with Gasteiger partial charge in [-0.1, -0.05) is 36.4 Å². The van der Waals surface area contributed by atoms with Crippen LogP contribution in [0.1, 0.15) is 21.5 Å². The number of carbonyl (C=O) groups is 1. The highest BCUT2D eigenvalue weighted by atomic mass is 16.5. The van der Waals surface area contributed by atoms with E-state index in [1.807, 2.05) is 37.3 Å². The molecule has 0 aliphatic heterocycles. The molecule has 1 aromatic heterocycles. The van der Waals surface area contributed by atoms with Crippen molar-refractivity contribution in [2.75, 3.05) is 21.3 Å². The standard InChI is InChI=1S/C33H30N2O7/c1-20-10-15-24(33(37)38)26(18-20)42-23-13-11-22(12-14-23)31-34-28-25(19-27(39-2)29(40-3)30(28)41-4)32(36)35(31)17-16-21-8-6-5-7-9-21/h5-15,18-19H,16-17H2,1-4H3,(H,37,38). The van der Waals surface area contributed by atoms with Gasteiger partial charge in [-0.3, -0.25) is 9.36 Å². The van der Waals surface area contributed by atoms with Gasteiger partial charge in [-0.2, -0.15) is 0 Å². The van der Waals surface area contributed by atoms with Crippen LogP contribution in [0.3, 0.4) is 0 Å². The van der Waals surface area contributed by atoms with Gasteiger partial charge in [0.25, 0.3) is 5.56 Å². The summed E-state index contributed by atoms with van der Waals surface area (Å²) in [4.78, 5) is 30.6. The molecule has 0 saturated carbocycles. The lowest BCUT2D eigenvalue weighted by atomic mass is 10.1. The first-order valence-corrected chi connectivity index (χ1v) is 13.2. The molecule has 0 bridgehead atoms. The SMILES string of the molecule is COc1cc2c(=O)n(CCc3ccccc3)c(-c3ccc(Oc4cc(C)ccc4C(=O)O)cc3)nc2c(OC)c1OC. The molecule has 0 atom stereocenters. The molecule has 0 fully saturated rings. The van der Waals surface area contributed by atoms with Gasteiger partial charge in [-0.25, -0.2) is 9.78 Å². The Balaban J connectivity index is 1.63. The number of rotatable bonds is 10. The summed E-state index contributed by atoms with van der Waals surface area (Å²) in [5.74, 6) is 1.03. The van der Waals surface area contributed by atoms with Gasteiger partial charge in [0.05, 0.1) is 26.7 Å². The molecule has 9 nitrogen and oxygen atoms in total. The van der Waals surface area contributed by atoms with Crippen LogP contribution < -0.4 is 24.5 Å². The van der Waals surface area contributed by atoms with E-state index in [-0.39, 0.29) is 16.9 Å². The first-order chi connectivity index (χ1) is 20.3. The van der Waals surface area contributed by atoms with E-state index in [2.05, 4.69) is 0 Å². The normalized spacial score (nSPS) is 10.9. The smallest absolute Gasteiger partial charge is 0.339 e. The van der Waals surface area contributed by atoms with Gasteiger partial charge in [0.1, 0.15) is 28.4 Å². The van der Waals surface area contributed by atoms with Crippen LogP contribution in [0.4, 0.5) is 0 Å². The Morgan fingerprint density at radius 1 is 0.857 bits per heavy atom. The van der Waals surface area contributed by atoms with Crippen molar-refractivity contribution >= 4 is 16.9 Å². The topological polar surface area (TPSA) is 109 Å². The average molecular weight is 567 g/mol. The molecule has 5 aromatic rings. The van der Waals surface area contributed by atoms with Crippen molar-refractivity contribution in [3.63, 3.8) is 0 Å². The molecule has 5 rings (SSSR count). The Bertz CT molecular complexity index is 1810. The Kier molecular flexibility index (Phi) is 8.10. The van der Waals surface area contributed by atoms with Gasteiger partial charge < -0.3 is 24.1 Å². The summed E-state index contributed by atoms with van der Waals surface area (Å²) in [6, 6.07) is 23.4. The third-order valence-electron chi connectivity index (χ3n) is 6.93. The van der Waals surface area contributed by atoms with E-state index < -0.39 is 5.97 Å². The number of methoxy groups -OCH3 is 3. The van der Waals surface area contributed by atoms with E-state index in [9.17, 15) is 14.7 Å². The van der Waals surface area contributed by atoms with Crippen LogP contribution >= 0.6 is 0 Å². The van der Waals surface area contributed by atoms with E-state index in [4.69, 9.17) is 23.9 Å². The Labute approximate surface area is 242 Å². The maximum Gasteiger partial charge on any atom is 0.339 e. The number of aromatic carboxylic acids is 1. The molecular formula is C33H30N2O7. The van der Waals surface area contributed by atoms with Crippen LogP contribution in [-0.4, -0.2) is 42.0 Å². The van der Waals surface area contributed by atoms with Gasteiger partial charge in [0, 0.05) is 12.1 Å². The molecule has 4 aromatic carbocycles. The minimum absolute atomic E-state index is 0.0621. The van der Waals surface area contributed by atoms with Crippen molar-refractivity contribution in [1.82, 2.24) is 9.55 Å². The molecule has 0 aliphatic carbocycles. The summed E-state index contributed by atoms with van der Waals surface area (Å²) in [6.45, 7) is 2.24. The molecule has 0 spiro atoms. The molecule has 1 N–H and O–H groups in total.